The van der Waals surface area contributed by atoms with E-state index in [1.807, 2.05) is 60.9 Å². The minimum atomic E-state index is -0.544. The standard InChI is InChI=1S/C23H21NO5/c1-15-10-20(16(2)24(15)12-19-7-5-9-27-19)21(25)14-29-23(26)18-11-17-6-3-4-8-22(17)28-13-18/h3-11H,12-14H2,1-2H3. The van der Waals surface area contributed by atoms with Crippen LogP contribution in [0.4, 0.5) is 0 Å². The number of ether oxygens (including phenoxy) is 2. The molecule has 0 spiro atoms. The molecule has 6 nitrogen and oxygen atoms in total. The molecule has 0 fully saturated rings. The molecule has 1 aromatic carbocycles. The van der Waals surface area contributed by atoms with Gasteiger partial charge in [0.2, 0.25) is 5.78 Å². The molecule has 4 rings (SSSR count). The van der Waals surface area contributed by atoms with Gasteiger partial charge in [-0.05, 0) is 44.2 Å². The molecule has 0 atom stereocenters. The number of aryl methyl sites for hydroxylation is 1. The largest absolute Gasteiger partial charge is 0.488 e. The SMILES string of the molecule is Cc1cc(C(=O)COC(=O)C2=Cc3ccccc3OC2)c(C)n1Cc1ccco1. The fourth-order valence-electron chi connectivity index (χ4n) is 3.42. The van der Waals surface area contributed by atoms with E-state index in [9.17, 15) is 9.59 Å². The summed E-state index contributed by atoms with van der Waals surface area (Å²) in [5.74, 6) is 0.748. The van der Waals surface area contributed by atoms with Crippen molar-refractivity contribution in [1.82, 2.24) is 4.57 Å². The number of furan rings is 1. The quantitative estimate of drug-likeness (QED) is 0.470. The van der Waals surface area contributed by atoms with E-state index in [2.05, 4.69) is 0 Å². The summed E-state index contributed by atoms with van der Waals surface area (Å²) in [5, 5.41) is 0. The maximum Gasteiger partial charge on any atom is 0.337 e. The third-order valence-corrected chi connectivity index (χ3v) is 5.00. The van der Waals surface area contributed by atoms with E-state index < -0.39 is 5.97 Å². The summed E-state index contributed by atoms with van der Waals surface area (Å²) in [4.78, 5) is 25.0. The van der Waals surface area contributed by atoms with Crippen molar-refractivity contribution in [3.05, 3.63) is 82.6 Å². The van der Waals surface area contributed by atoms with Crippen molar-refractivity contribution in [2.45, 2.75) is 20.4 Å². The molecule has 1 aliphatic heterocycles. The topological polar surface area (TPSA) is 70.7 Å². The Labute approximate surface area is 168 Å². The maximum absolute atomic E-state index is 12.7. The van der Waals surface area contributed by atoms with Crippen LogP contribution in [0.15, 0.2) is 58.7 Å². The lowest BCUT2D eigenvalue weighted by Crippen LogP contribution is -2.20. The molecule has 6 heteroatoms. The molecule has 0 saturated heterocycles. The highest BCUT2D eigenvalue weighted by Crippen LogP contribution is 2.26. The van der Waals surface area contributed by atoms with Crippen LogP contribution in [0.3, 0.4) is 0 Å². The fourth-order valence-corrected chi connectivity index (χ4v) is 3.42. The van der Waals surface area contributed by atoms with Crippen LogP contribution in [0.25, 0.3) is 6.08 Å². The number of hydrogen-bond acceptors (Lipinski definition) is 5. The van der Waals surface area contributed by atoms with Gasteiger partial charge in [0.05, 0.1) is 18.4 Å². The van der Waals surface area contributed by atoms with Crippen LogP contribution >= 0.6 is 0 Å². The van der Waals surface area contributed by atoms with Gasteiger partial charge < -0.3 is 18.5 Å². The van der Waals surface area contributed by atoms with Crippen LogP contribution in [0.1, 0.15) is 33.1 Å². The van der Waals surface area contributed by atoms with Crippen LogP contribution in [0, 0.1) is 13.8 Å². The van der Waals surface area contributed by atoms with Crippen LogP contribution in [0.5, 0.6) is 5.75 Å². The average Bonchev–Trinajstić information content (AvgIpc) is 3.35. The van der Waals surface area contributed by atoms with Crippen LogP contribution < -0.4 is 4.74 Å². The first-order chi connectivity index (χ1) is 14.0. The summed E-state index contributed by atoms with van der Waals surface area (Å²) >= 11 is 0. The van der Waals surface area contributed by atoms with E-state index in [-0.39, 0.29) is 19.0 Å². The van der Waals surface area contributed by atoms with E-state index in [1.165, 1.54) is 0 Å². The maximum atomic E-state index is 12.7. The highest BCUT2D eigenvalue weighted by molar-refractivity contribution is 6.01. The van der Waals surface area contributed by atoms with Crippen molar-refractivity contribution in [1.29, 1.82) is 0 Å². The van der Waals surface area contributed by atoms with Crippen LogP contribution in [-0.4, -0.2) is 29.5 Å². The Morgan fingerprint density at radius 2 is 1.97 bits per heavy atom. The van der Waals surface area contributed by atoms with Gasteiger partial charge in [-0.15, -0.1) is 0 Å². The normalized spacial score (nSPS) is 12.7. The van der Waals surface area contributed by atoms with Gasteiger partial charge in [0, 0.05) is 22.5 Å². The lowest BCUT2D eigenvalue weighted by atomic mass is 10.1. The number of para-hydroxylation sites is 1. The zero-order valence-electron chi connectivity index (χ0n) is 16.3. The minimum absolute atomic E-state index is 0.127. The first kappa shape index (κ1) is 18.8. The molecular weight excluding hydrogens is 370 g/mol. The third-order valence-electron chi connectivity index (χ3n) is 5.00. The third kappa shape index (κ3) is 3.87. The zero-order valence-corrected chi connectivity index (χ0v) is 16.3. The number of aromatic nitrogens is 1. The van der Waals surface area contributed by atoms with E-state index in [1.54, 1.807) is 12.3 Å². The summed E-state index contributed by atoms with van der Waals surface area (Å²) < 4.78 is 18.2. The molecule has 0 amide bonds. The monoisotopic (exact) mass is 391 g/mol. The summed E-state index contributed by atoms with van der Waals surface area (Å²) in [5.41, 5.74) is 3.50. The van der Waals surface area contributed by atoms with Crippen molar-refractivity contribution in [2.75, 3.05) is 13.2 Å². The number of carbonyl (C=O) groups is 2. The Morgan fingerprint density at radius 3 is 2.76 bits per heavy atom. The molecule has 2 aromatic heterocycles. The van der Waals surface area contributed by atoms with Gasteiger partial charge in [0.15, 0.2) is 6.61 Å². The number of nitrogens with zero attached hydrogens (tertiary/aromatic N) is 1. The Morgan fingerprint density at radius 1 is 1.14 bits per heavy atom. The molecule has 0 radical (unpaired) electrons. The summed E-state index contributed by atoms with van der Waals surface area (Å²) in [6.07, 6.45) is 3.36. The Bertz CT molecular complexity index is 1090. The molecular formula is C23H21NO5. The van der Waals surface area contributed by atoms with Gasteiger partial charge >= 0.3 is 5.97 Å². The first-order valence-electron chi connectivity index (χ1n) is 9.35. The van der Waals surface area contributed by atoms with Crippen molar-refractivity contribution in [3.8, 4) is 5.75 Å². The van der Waals surface area contributed by atoms with Crippen LogP contribution in [-0.2, 0) is 16.1 Å². The first-order valence-corrected chi connectivity index (χ1v) is 9.35. The highest BCUT2D eigenvalue weighted by Gasteiger charge is 2.21. The molecule has 29 heavy (non-hydrogen) atoms. The Balaban J connectivity index is 1.43. The second kappa shape index (κ2) is 7.83. The van der Waals surface area contributed by atoms with E-state index in [0.717, 1.165) is 28.5 Å². The van der Waals surface area contributed by atoms with Crippen molar-refractivity contribution in [2.24, 2.45) is 0 Å². The number of carbonyl (C=O) groups excluding carboxylic acids is 2. The number of hydrogen-bond donors (Lipinski definition) is 0. The molecule has 0 bridgehead atoms. The molecule has 1 aliphatic rings. The molecule has 148 valence electrons. The van der Waals surface area contributed by atoms with Gasteiger partial charge in [-0.25, -0.2) is 4.79 Å². The van der Waals surface area contributed by atoms with E-state index >= 15 is 0 Å². The van der Waals surface area contributed by atoms with Crippen molar-refractivity contribution in [3.63, 3.8) is 0 Å². The molecule has 3 aromatic rings. The van der Waals surface area contributed by atoms with Crippen molar-refractivity contribution < 1.29 is 23.5 Å². The van der Waals surface area contributed by atoms with Gasteiger partial charge in [-0.3, -0.25) is 4.79 Å². The van der Waals surface area contributed by atoms with E-state index in [4.69, 9.17) is 13.9 Å². The summed E-state index contributed by atoms with van der Waals surface area (Å²) in [7, 11) is 0. The second-order valence-electron chi connectivity index (χ2n) is 6.95. The fraction of sp³-hybridized carbons (Fsp3) is 0.217. The number of rotatable bonds is 6. The molecule has 0 unspecified atom stereocenters. The number of esters is 1. The predicted molar refractivity (Wildman–Crippen MR) is 107 cm³/mol. The smallest absolute Gasteiger partial charge is 0.337 e. The summed E-state index contributed by atoms with van der Waals surface area (Å²) in [6, 6.07) is 13.0. The second-order valence-corrected chi connectivity index (χ2v) is 6.95. The number of ketones is 1. The lowest BCUT2D eigenvalue weighted by molar-refractivity contribution is -0.138. The number of Topliss-reactive ketones (excluding diaryl/α,β-unsaturated/α-hetero) is 1. The predicted octanol–water partition coefficient (Wildman–Crippen LogP) is 3.95. The van der Waals surface area contributed by atoms with Crippen molar-refractivity contribution >= 4 is 17.8 Å². The molecule has 3 heterocycles. The van der Waals surface area contributed by atoms with Crippen LogP contribution in [0.2, 0.25) is 0 Å². The zero-order chi connectivity index (χ0) is 20.4. The lowest BCUT2D eigenvalue weighted by Gasteiger charge is -2.16. The Hall–Kier alpha value is -3.54. The minimum Gasteiger partial charge on any atom is -0.488 e. The van der Waals surface area contributed by atoms with Gasteiger partial charge in [-0.1, -0.05) is 18.2 Å². The Kier molecular flexibility index (Phi) is 5.08. The molecule has 0 N–H and O–H groups in total. The van der Waals surface area contributed by atoms with Gasteiger partial charge in [-0.2, -0.15) is 0 Å². The van der Waals surface area contributed by atoms with Gasteiger partial charge in [0.25, 0.3) is 0 Å². The highest BCUT2D eigenvalue weighted by atomic mass is 16.5. The van der Waals surface area contributed by atoms with E-state index in [0.29, 0.717) is 17.7 Å². The average molecular weight is 391 g/mol. The molecule has 0 saturated carbocycles. The van der Waals surface area contributed by atoms with Gasteiger partial charge in [0.1, 0.15) is 18.1 Å². The number of fused-ring (bicyclic) bond motifs is 1. The molecule has 0 aliphatic carbocycles. The summed E-state index contributed by atoms with van der Waals surface area (Å²) in [6.45, 7) is 4.16. The number of benzene rings is 1.